The Labute approximate surface area is 155 Å². The van der Waals surface area contributed by atoms with Crippen LogP contribution in [0.1, 0.15) is 24.6 Å². The van der Waals surface area contributed by atoms with Gasteiger partial charge in [0.1, 0.15) is 6.54 Å². The molecule has 4 rings (SSSR count). The fourth-order valence-corrected chi connectivity index (χ4v) is 3.49. The van der Waals surface area contributed by atoms with Crippen molar-refractivity contribution in [2.45, 2.75) is 31.5 Å². The normalized spacial score (nSPS) is 20.0. The van der Waals surface area contributed by atoms with Crippen LogP contribution in [0.5, 0.6) is 0 Å². The van der Waals surface area contributed by atoms with Crippen molar-refractivity contribution in [3.63, 3.8) is 0 Å². The molecule has 7 nitrogen and oxygen atoms in total. The van der Waals surface area contributed by atoms with Gasteiger partial charge in [-0.25, -0.2) is 4.98 Å². The van der Waals surface area contributed by atoms with Gasteiger partial charge >= 0.3 is 0 Å². The van der Waals surface area contributed by atoms with Crippen molar-refractivity contribution in [1.29, 1.82) is 0 Å². The predicted molar refractivity (Wildman–Crippen MR) is 99.9 cm³/mol. The molecule has 0 radical (unpaired) electrons. The average molecular weight is 364 g/mol. The monoisotopic (exact) mass is 364 g/mol. The molecule has 1 saturated carbocycles. The van der Waals surface area contributed by atoms with E-state index in [1.54, 1.807) is 24.4 Å². The lowest BCUT2D eigenvalue weighted by Crippen LogP contribution is -2.43. The van der Waals surface area contributed by atoms with Crippen LogP contribution in [-0.4, -0.2) is 31.7 Å². The van der Waals surface area contributed by atoms with Gasteiger partial charge in [-0.1, -0.05) is 18.2 Å². The summed E-state index contributed by atoms with van der Waals surface area (Å²) in [7, 11) is 0. The summed E-state index contributed by atoms with van der Waals surface area (Å²) in [6.07, 6.45) is 4.00. The third-order valence-corrected chi connectivity index (χ3v) is 4.99. The summed E-state index contributed by atoms with van der Waals surface area (Å²) < 4.78 is 1.31. The summed E-state index contributed by atoms with van der Waals surface area (Å²) >= 11 is 0. The molecule has 138 valence electrons. The number of carbonyl (C=O) groups excluding carboxylic acids is 1. The summed E-state index contributed by atoms with van der Waals surface area (Å²) in [6.45, 7) is -0.116. The highest BCUT2D eigenvalue weighted by molar-refractivity contribution is 5.79. The molecule has 1 aromatic carbocycles. The van der Waals surface area contributed by atoms with Crippen molar-refractivity contribution in [1.82, 2.24) is 19.9 Å². The quantitative estimate of drug-likeness (QED) is 0.714. The second kappa shape index (κ2) is 7.28. The Morgan fingerprint density at radius 1 is 1.19 bits per heavy atom. The third kappa shape index (κ3) is 3.59. The maximum Gasteiger partial charge on any atom is 0.261 e. The van der Waals surface area contributed by atoms with Crippen molar-refractivity contribution >= 4 is 16.8 Å². The molecule has 1 aliphatic rings. The van der Waals surface area contributed by atoms with Gasteiger partial charge in [0, 0.05) is 6.20 Å². The third-order valence-electron chi connectivity index (χ3n) is 4.99. The average Bonchev–Trinajstić information content (AvgIpc) is 2.67. The molecule has 3 aromatic rings. The summed E-state index contributed by atoms with van der Waals surface area (Å²) in [4.78, 5) is 33.8. The number of fused-ring (bicyclic) bond motifs is 1. The minimum atomic E-state index is -0.328. The van der Waals surface area contributed by atoms with Crippen LogP contribution in [0.25, 0.3) is 10.9 Å². The number of aliphatic hydroxyl groups excluding tert-OH is 1. The van der Waals surface area contributed by atoms with E-state index in [-0.39, 0.29) is 36.1 Å². The van der Waals surface area contributed by atoms with E-state index in [0.29, 0.717) is 23.7 Å². The van der Waals surface area contributed by atoms with Gasteiger partial charge in [0.05, 0.1) is 35.1 Å². The van der Waals surface area contributed by atoms with E-state index in [9.17, 15) is 14.7 Å². The molecule has 7 heteroatoms. The summed E-state index contributed by atoms with van der Waals surface area (Å²) in [5, 5.41) is 13.1. The van der Waals surface area contributed by atoms with Crippen LogP contribution in [0, 0.1) is 5.92 Å². The number of hydrogen-bond acceptors (Lipinski definition) is 5. The second-order valence-electron chi connectivity index (χ2n) is 6.88. The van der Waals surface area contributed by atoms with E-state index in [0.717, 1.165) is 5.69 Å². The fraction of sp³-hybridized carbons (Fsp3) is 0.300. The molecule has 0 bridgehead atoms. The van der Waals surface area contributed by atoms with E-state index in [4.69, 9.17) is 0 Å². The van der Waals surface area contributed by atoms with Crippen LogP contribution in [0.2, 0.25) is 0 Å². The number of aliphatic hydroxyl groups is 1. The van der Waals surface area contributed by atoms with Gasteiger partial charge in [-0.3, -0.25) is 19.1 Å². The van der Waals surface area contributed by atoms with E-state index >= 15 is 0 Å². The van der Waals surface area contributed by atoms with Crippen LogP contribution in [-0.2, 0) is 11.3 Å². The first kappa shape index (κ1) is 17.4. The van der Waals surface area contributed by atoms with Crippen molar-refractivity contribution < 1.29 is 9.90 Å². The maximum atomic E-state index is 12.6. The number of para-hydroxylation sites is 1. The second-order valence-corrected chi connectivity index (χ2v) is 6.88. The lowest BCUT2D eigenvalue weighted by atomic mass is 9.76. The highest BCUT2D eigenvalue weighted by Crippen LogP contribution is 2.37. The van der Waals surface area contributed by atoms with Crippen LogP contribution in [0.15, 0.2) is 59.8 Å². The van der Waals surface area contributed by atoms with Crippen molar-refractivity contribution in [2.24, 2.45) is 5.92 Å². The number of benzene rings is 1. The molecule has 27 heavy (non-hydrogen) atoms. The highest BCUT2D eigenvalue weighted by Gasteiger charge is 2.36. The number of carbonyl (C=O) groups is 1. The number of hydrogen-bond donors (Lipinski definition) is 2. The molecular formula is C20H20N4O3. The van der Waals surface area contributed by atoms with Crippen molar-refractivity contribution in [2.75, 3.05) is 0 Å². The molecule has 1 fully saturated rings. The molecule has 2 heterocycles. The standard InChI is InChI=1S/C20H20N4O3/c25-14-9-13(10-14)19(17-7-3-4-8-21-17)23-18(26)11-24-12-22-16-6-2-1-5-15(16)20(24)27/h1-8,12-14,19,25H,9-11H2,(H,23,26)/t13?,14?,19-/m1/s1. The zero-order valence-electron chi connectivity index (χ0n) is 14.7. The number of pyridine rings is 1. The van der Waals surface area contributed by atoms with Gasteiger partial charge in [-0.15, -0.1) is 0 Å². The molecule has 1 amide bonds. The van der Waals surface area contributed by atoms with E-state index < -0.39 is 0 Å². The van der Waals surface area contributed by atoms with Gasteiger partial charge in [0.2, 0.25) is 5.91 Å². The Kier molecular flexibility index (Phi) is 4.68. The Morgan fingerprint density at radius 2 is 1.96 bits per heavy atom. The number of nitrogens with zero attached hydrogens (tertiary/aromatic N) is 3. The fourth-order valence-electron chi connectivity index (χ4n) is 3.49. The van der Waals surface area contributed by atoms with Crippen LogP contribution in [0.4, 0.5) is 0 Å². The topological polar surface area (TPSA) is 97.1 Å². The molecule has 0 unspecified atom stereocenters. The van der Waals surface area contributed by atoms with Crippen LogP contribution in [0.3, 0.4) is 0 Å². The minimum absolute atomic E-state index is 0.116. The summed E-state index contributed by atoms with van der Waals surface area (Å²) in [5.74, 6) is -0.156. The van der Waals surface area contributed by atoms with Gasteiger partial charge < -0.3 is 10.4 Å². The molecule has 2 N–H and O–H groups in total. The Balaban J connectivity index is 1.53. The van der Waals surface area contributed by atoms with Gasteiger partial charge in [0.15, 0.2) is 0 Å². The lowest BCUT2D eigenvalue weighted by Gasteiger charge is -2.37. The predicted octanol–water partition coefficient (Wildman–Crippen LogP) is 1.42. The zero-order chi connectivity index (χ0) is 18.8. The van der Waals surface area contributed by atoms with E-state index in [1.807, 2.05) is 24.3 Å². The first-order valence-corrected chi connectivity index (χ1v) is 8.94. The SMILES string of the molecule is O=C(Cn1cnc2ccccc2c1=O)N[C@@H](c1ccccn1)C1CC(O)C1. The Morgan fingerprint density at radius 3 is 2.70 bits per heavy atom. The number of rotatable bonds is 5. The lowest BCUT2D eigenvalue weighted by molar-refractivity contribution is -0.123. The zero-order valence-corrected chi connectivity index (χ0v) is 14.7. The summed E-state index contributed by atoms with van der Waals surface area (Å²) in [5.41, 5.74) is 1.12. The van der Waals surface area contributed by atoms with Gasteiger partial charge in [-0.05, 0) is 43.0 Å². The molecule has 0 saturated heterocycles. The molecule has 2 aromatic heterocycles. The largest absolute Gasteiger partial charge is 0.393 e. The first-order chi connectivity index (χ1) is 13.1. The van der Waals surface area contributed by atoms with Crippen LogP contribution >= 0.6 is 0 Å². The van der Waals surface area contributed by atoms with Crippen molar-refractivity contribution in [3.8, 4) is 0 Å². The molecule has 1 aliphatic carbocycles. The molecule has 0 spiro atoms. The molecule has 0 aliphatic heterocycles. The number of amides is 1. The molecular weight excluding hydrogens is 344 g/mol. The Bertz CT molecular complexity index is 1010. The van der Waals surface area contributed by atoms with Gasteiger partial charge in [0.25, 0.3) is 5.56 Å². The van der Waals surface area contributed by atoms with Crippen molar-refractivity contribution in [3.05, 3.63) is 71.0 Å². The smallest absolute Gasteiger partial charge is 0.261 e. The first-order valence-electron chi connectivity index (χ1n) is 8.94. The number of aromatic nitrogens is 3. The van der Waals surface area contributed by atoms with E-state index in [1.165, 1.54) is 10.9 Å². The summed E-state index contributed by atoms with van der Waals surface area (Å²) in [6, 6.07) is 12.3. The van der Waals surface area contributed by atoms with Crippen LogP contribution < -0.4 is 10.9 Å². The van der Waals surface area contributed by atoms with Gasteiger partial charge in [-0.2, -0.15) is 0 Å². The highest BCUT2D eigenvalue weighted by atomic mass is 16.3. The molecule has 1 atom stereocenters. The minimum Gasteiger partial charge on any atom is -0.393 e. The van der Waals surface area contributed by atoms with E-state index in [2.05, 4.69) is 15.3 Å². The maximum absolute atomic E-state index is 12.6. The number of nitrogens with one attached hydrogen (secondary N) is 1. The Hall–Kier alpha value is -3.06.